The minimum atomic E-state index is -4.50. The Kier molecular flexibility index (Phi) is 3.61. The summed E-state index contributed by atoms with van der Waals surface area (Å²) in [6.45, 7) is 0.591. The van der Waals surface area contributed by atoms with Gasteiger partial charge in [0.25, 0.3) is 0 Å². The lowest BCUT2D eigenvalue weighted by Crippen LogP contribution is -2.28. The average molecular weight is 271 g/mol. The first-order valence-electron chi connectivity index (χ1n) is 5.74. The molecule has 6 heteroatoms. The number of carbonyl (C=O) groups is 1. The highest BCUT2D eigenvalue weighted by Gasteiger charge is 2.35. The highest BCUT2D eigenvalue weighted by Crippen LogP contribution is 2.36. The first-order valence-corrected chi connectivity index (χ1v) is 5.74. The summed E-state index contributed by atoms with van der Waals surface area (Å²) >= 11 is 0. The number of halogens is 3. The standard InChI is InChI=1S/C13H12F3NO2/c14-13(15,16)11-4-2-1-3-8(11)10-7-17-6-5-9(10)12(18)19/h1-4,17H,5-7H2,(H,18,19). The molecule has 1 heterocycles. The molecule has 1 aromatic carbocycles. The lowest BCUT2D eigenvalue weighted by Gasteiger charge is -2.22. The Morgan fingerprint density at radius 3 is 2.58 bits per heavy atom. The lowest BCUT2D eigenvalue weighted by molar-refractivity contribution is -0.138. The predicted molar refractivity (Wildman–Crippen MR) is 63.5 cm³/mol. The van der Waals surface area contributed by atoms with Gasteiger partial charge in [-0.25, -0.2) is 4.79 Å². The molecule has 0 unspecified atom stereocenters. The Hall–Kier alpha value is -1.82. The molecule has 2 N–H and O–H groups in total. The Bertz CT molecular complexity index is 535. The number of alkyl halides is 3. The second kappa shape index (κ2) is 5.05. The number of carboxylic acid groups (broad SMARTS) is 1. The van der Waals surface area contributed by atoms with Crippen molar-refractivity contribution in [1.82, 2.24) is 5.32 Å². The molecule has 1 aliphatic heterocycles. The Balaban J connectivity index is 2.60. The van der Waals surface area contributed by atoms with Crippen molar-refractivity contribution in [3.63, 3.8) is 0 Å². The third kappa shape index (κ3) is 2.78. The lowest BCUT2D eigenvalue weighted by atomic mass is 9.91. The van der Waals surface area contributed by atoms with Crippen LogP contribution in [0.2, 0.25) is 0 Å². The molecule has 19 heavy (non-hydrogen) atoms. The Labute approximate surface area is 107 Å². The minimum absolute atomic E-state index is 0.0513. The van der Waals surface area contributed by atoms with Gasteiger partial charge in [0, 0.05) is 12.1 Å². The van der Waals surface area contributed by atoms with Crippen LogP contribution in [0.15, 0.2) is 29.8 Å². The summed E-state index contributed by atoms with van der Waals surface area (Å²) in [4.78, 5) is 11.1. The van der Waals surface area contributed by atoms with Crippen LogP contribution in [0.25, 0.3) is 5.57 Å². The van der Waals surface area contributed by atoms with Crippen LogP contribution in [-0.2, 0) is 11.0 Å². The van der Waals surface area contributed by atoms with E-state index in [9.17, 15) is 18.0 Å². The topological polar surface area (TPSA) is 49.3 Å². The molecule has 0 saturated carbocycles. The van der Waals surface area contributed by atoms with Crippen molar-refractivity contribution in [3.05, 3.63) is 41.0 Å². The SMILES string of the molecule is O=C(O)C1=C(c2ccccc2C(F)(F)F)CNCC1. The van der Waals surface area contributed by atoms with E-state index in [0.717, 1.165) is 6.07 Å². The van der Waals surface area contributed by atoms with Gasteiger partial charge in [-0.3, -0.25) is 0 Å². The van der Waals surface area contributed by atoms with E-state index in [4.69, 9.17) is 5.11 Å². The quantitative estimate of drug-likeness (QED) is 0.869. The largest absolute Gasteiger partial charge is 0.478 e. The maximum absolute atomic E-state index is 12.9. The molecule has 0 aliphatic carbocycles. The third-order valence-electron chi connectivity index (χ3n) is 3.03. The van der Waals surface area contributed by atoms with Gasteiger partial charge in [0.2, 0.25) is 0 Å². The van der Waals surface area contributed by atoms with Gasteiger partial charge in [-0.1, -0.05) is 18.2 Å². The van der Waals surface area contributed by atoms with Gasteiger partial charge < -0.3 is 10.4 Å². The first kappa shape index (κ1) is 13.6. The van der Waals surface area contributed by atoms with Crippen LogP contribution in [-0.4, -0.2) is 24.2 Å². The van der Waals surface area contributed by atoms with Crippen LogP contribution >= 0.6 is 0 Å². The van der Waals surface area contributed by atoms with E-state index in [-0.39, 0.29) is 29.7 Å². The third-order valence-corrected chi connectivity index (χ3v) is 3.03. The predicted octanol–water partition coefficient (Wildman–Crippen LogP) is 2.54. The van der Waals surface area contributed by atoms with Crippen molar-refractivity contribution >= 4 is 11.5 Å². The summed E-state index contributed by atoms with van der Waals surface area (Å²) in [5.74, 6) is -1.16. The summed E-state index contributed by atoms with van der Waals surface area (Å²) in [6.07, 6.45) is -4.28. The molecule has 3 nitrogen and oxygen atoms in total. The summed E-state index contributed by atoms with van der Waals surface area (Å²) < 4.78 is 38.8. The van der Waals surface area contributed by atoms with Gasteiger partial charge >= 0.3 is 12.1 Å². The van der Waals surface area contributed by atoms with Crippen LogP contribution in [0.5, 0.6) is 0 Å². The minimum Gasteiger partial charge on any atom is -0.478 e. The number of hydrogen-bond donors (Lipinski definition) is 2. The van der Waals surface area contributed by atoms with Crippen molar-refractivity contribution < 1.29 is 23.1 Å². The molecule has 0 fully saturated rings. The zero-order chi connectivity index (χ0) is 14.0. The van der Waals surface area contributed by atoms with E-state index in [1.807, 2.05) is 0 Å². The monoisotopic (exact) mass is 271 g/mol. The number of aliphatic carboxylic acids is 1. The molecule has 0 spiro atoms. The Morgan fingerprint density at radius 2 is 1.95 bits per heavy atom. The first-order chi connectivity index (χ1) is 8.91. The fourth-order valence-electron chi connectivity index (χ4n) is 2.17. The summed E-state index contributed by atoms with van der Waals surface area (Å²) in [5.41, 5.74) is -0.589. The van der Waals surface area contributed by atoms with E-state index in [0.29, 0.717) is 6.54 Å². The van der Waals surface area contributed by atoms with Crippen molar-refractivity contribution in [2.24, 2.45) is 0 Å². The highest BCUT2D eigenvalue weighted by molar-refractivity contribution is 5.97. The van der Waals surface area contributed by atoms with Crippen LogP contribution in [0.4, 0.5) is 13.2 Å². The molecule has 102 valence electrons. The van der Waals surface area contributed by atoms with E-state index >= 15 is 0 Å². The fraction of sp³-hybridized carbons (Fsp3) is 0.308. The zero-order valence-corrected chi connectivity index (χ0v) is 9.92. The maximum atomic E-state index is 12.9. The zero-order valence-electron chi connectivity index (χ0n) is 9.92. The van der Waals surface area contributed by atoms with Gasteiger partial charge in [0.05, 0.1) is 5.56 Å². The number of nitrogens with one attached hydrogen (secondary N) is 1. The number of hydrogen-bond acceptors (Lipinski definition) is 2. The van der Waals surface area contributed by atoms with Gasteiger partial charge in [-0.05, 0) is 30.2 Å². The Morgan fingerprint density at radius 1 is 1.26 bits per heavy atom. The van der Waals surface area contributed by atoms with Crippen molar-refractivity contribution in [1.29, 1.82) is 0 Å². The van der Waals surface area contributed by atoms with Gasteiger partial charge in [-0.2, -0.15) is 13.2 Å². The molecule has 1 aromatic rings. The van der Waals surface area contributed by atoms with Crippen LogP contribution in [0.1, 0.15) is 17.5 Å². The van der Waals surface area contributed by atoms with Gasteiger partial charge in [-0.15, -0.1) is 0 Å². The van der Waals surface area contributed by atoms with Crippen molar-refractivity contribution in [2.75, 3.05) is 13.1 Å². The van der Waals surface area contributed by atoms with E-state index in [1.165, 1.54) is 18.2 Å². The van der Waals surface area contributed by atoms with Crippen LogP contribution in [0.3, 0.4) is 0 Å². The van der Waals surface area contributed by atoms with Crippen molar-refractivity contribution in [3.8, 4) is 0 Å². The second-order valence-corrected chi connectivity index (χ2v) is 4.23. The van der Waals surface area contributed by atoms with E-state index < -0.39 is 17.7 Å². The van der Waals surface area contributed by atoms with E-state index in [1.54, 1.807) is 0 Å². The smallest absolute Gasteiger partial charge is 0.416 e. The fourth-order valence-corrected chi connectivity index (χ4v) is 2.17. The second-order valence-electron chi connectivity index (χ2n) is 4.23. The molecular formula is C13H12F3NO2. The maximum Gasteiger partial charge on any atom is 0.416 e. The molecule has 0 bridgehead atoms. The molecule has 0 radical (unpaired) electrons. The molecule has 2 rings (SSSR count). The van der Waals surface area contributed by atoms with Gasteiger partial charge in [0.15, 0.2) is 0 Å². The molecular weight excluding hydrogens is 259 g/mol. The summed E-state index contributed by atoms with van der Waals surface area (Å²) in [5, 5.41) is 12.0. The molecule has 0 atom stereocenters. The van der Waals surface area contributed by atoms with Crippen LogP contribution < -0.4 is 5.32 Å². The van der Waals surface area contributed by atoms with Crippen molar-refractivity contribution in [2.45, 2.75) is 12.6 Å². The molecule has 1 aliphatic rings. The highest BCUT2D eigenvalue weighted by atomic mass is 19.4. The average Bonchev–Trinajstić information content (AvgIpc) is 2.37. The van der Waals surface area contributed by atoms with E-state index in [2.05, 4.69) is 5.32 Å². The number of rotatable bonds is 2. The summed E-state index contributed by atoms with van der Waals surface area (Å²) in [7, 11) is 0. The molecule has 0 saturated heterocycles. The number of carboxylic acids is 1. The molecule has 0 aromatic heterocycles. The molecule has 0 amide bonds. The summed E-state index contributed by atoms with van der Waals surface area (Å²) in [6, 6.07) is 5.06. The van der Waals surface area contributed by atoms with Gasteiger partial charge in [0.1, 0.15) is 0 Å². The normalized spacial score (nSPS) is 16.6. The van der Waals surface area contributed by atoms with Crippen LogP contribution in [0, 0.1) is 0 Å². The number of benzene rings is 1.